The maximum atomic E-state index is 13.7. The van der Waals surface area contributed by atoms with Crippen LogP contribution in [0.5, 0.6) is 0 Å². The molecule has 0 bridgehead atoms. The summed E-state index contributed by atoms with van der Waals surface area (Å²) in [5, 5.41) is 0. The Bertz CT molecular complexity index is 336. The van der Waals surface area contributed by atoms with E-state index >= 15 is 0 Å². The maximum Gasteiger partial charge on any atom is 0.146 e. The number of hydrogen-bond donors (Lipinski definition) is 0. The average Bonchev–Trinajstić information content (AvgIpc) is 2.34. The average molecular weight is 223 g/mol. The van der Waals surface area contributed by atoms with Gasteiger partial charge >= 0.3 is 0 Å². The predicted octanol–water partition coefficient (Wildman–Crippen LogP) is 2.83. The van der Waals surface area contributed by atoms with E-state index in [-0.39, 0.29) is 5.82 Å². The largest absolute Gasteiger partial charge is 0.381 e. The minimum absolute atomic E-state index is 0.129. The van der Waals surface area contributed by atoms with E-state index in [1.807, 2.05) is 12.1 Å². The number of halogens is 1. The first kappa shape index (κ1) is 11.4. The van der Waals surface area contributed by atoms with E-state index in [4.69, 9.17) is 4.74 Å². The summed E-state index contributed by atoms with van der Waals surface area (Å²) < 4.78 is 19.0. The Morgan fingerprint density at radius 2 is 2.00 bits per heavy atom. The Kier molecular flexibility index (Phi) is 3.78. The van der Waals surface area contributed by atoms with Crippen LogP contribution in [0.1, 0.15) is 19.8 Å². The molecule has 1 heterocycles. The summed E-state index contributed by atoms with van der Waals surface area (Å²) in [4.78, 5) is 2.15. The molecule has 0 spiro atoms. The summed E-state index contributed by atoms with van der Waals surface area (Å²) >= 11 is 0. The van der Waals surface area contributed by atoms with Crippen LogP contribution < -0.4 is 4.90 Å². The molecule has 0 amide bonds. The zero-order valence-electron chi connectivity index (χ0n) is 9.66. The molecular weight excluding hydrogens is 205 g/mol. The standard InChI is InChI=1S/C13H18FNO/c1-2-15(11-7-9-16-10-8-11)13-6-4-3-5-12(13)14/h3-6,11H,2,7-10H2,1H3. The first-order valence-corrected chi connectivity index (χ1v) is 5.92. The highest BCUT2D eigenvalue weighted by Crippen LogP contribution is 2.24. The topological polar surface area (TPSA) is 12.5 Å². The van der Waals surface area contributed by atoms with Crippen molar-refractivity contribution in [3.05, 3.63) is 30.1 Å². The van der Waals surface area contributed by atoms with Gasteiger partial charge < -0.3 is 9.64 Å². The third kappa shape index (κ3) is 2.35. The van der Waals surface area contributed by atoms with Gasteiger partial charge in [-0.15, -0.1) is 0 Å². The summed E-state index contributed by atoms with van der Waals surface area (Å²) in [5.74, 6) is -0.129. The molecule has 2 nitrogen and oxygen atoms in total. The molecule has 1 aliphatic rings. The van der Waals surface area contributed by atoms with Gasteiger partial charge in [-0.05, 0) is 31.9 Å². The molecule has 0 saturated carbocycles. The Hall–Kier alpha value is -1.09. The first-order valence-electron chi connectivity index (χ1n) is 5.92. The van der Waals surface area contributed by atoms with Crippen molar-refractivity contribution >= 4 is 5.69 Å². The lowest BCUT2D eigenvalue weighted by atomic mass is 10.1. The van der Waals surface area contributed by atoms with Crippen LogP contribution in [-0.2, 0) is 4.74 Å². The van der Waals surface area contributed by atoms with Crippen LogP contribution in [0.2, 0.25) is 0 Å². The van der Waals surface area contributed by atoms with Crippen molar-refractivity contribution in [1.82, 2.24) is 0 Å². The molecule has 88 valence electrons. The molecular formula is C13H18FNO. The normalized spacial score (nSPS) is 17.4. The molecule has 0 N–H and O–H groups in total. The highest BCUT2D eigenvalue weighted by Gasteiger charge is 2.22. The van der Waals surface area contributed by atoms with Crippen LogP contribution in [-0.4, -0.2) is 25.8 Å². The second-order valence-electron chi connectivity index (χ2n) is 4.08. The van der Waals surface area contributed by atoms with Gasteiger partial charge in [-0.3, -0.25) is 0 Å². The van der Waals surface area contributed by atoms with E-state index < -0.39 is 0 Å². The van der Waals surface area contributed by atoms with Gasteiger partial charge in [0.25, 0.3) is 0 Å². The van der Waals surface area contributed by atoms with Gasteiger partial charge in [-0.1, -0.05) is 12.1 Å². The van der Waals surface area contributed by atoms with Crippen molar-refractivity contribution in [2.45, 2.75) is 25.8 Å². The van der Waals surface area contributed by atoms with Crippen molar-refractivity contribution in [1.29, 1.82) is 0 Å². The van der Waals surface area contributed by atoms with Gasteiger partial charge in [0.15, 0.2) is 0 Å². The third-order valence-electron chi connectivity index (χ3n) is 3.13. The molecule has 0 unspecified atom stereocenters. The zero-order chi connectivity index (χ0) is 11.4. The van der Waals surface area contributed by atoms with Gasteiger partial charge in [0.1, 0.15) is 5.82 Å². The molecule has 16 heavy (non-hydrogen) atoms. The number of para-hydroxylation sites is 1. The monoisotopic (exact) mass is 223 g/mol. The molecule has 1 fully saturated rings. The minimum Gasteiger partial charge on any atom is -0.381 e. The van der Waals surface area contributed by atoms with Gasteiger partial charge in [-0.25, -0.2) is 4.39 Å². The van der Waals surface area contributed by atoms with E-state index in [1.54, 1.807) is 6.07 Å². The van der Waals surface area contributed by atoms with Crippen LogP contribution in [0.3, 0.4) is 0 Å². The van der Waals surface area contributed by atoms with E-state index in [2.05, 4.69) is 11.8 Å². The number of ether oxygens (including phenoxy) is 1. The molecule has 2 rings (SSSR count). The number of nitrogens with zero attached hydrogens (tertiary/aromatic N) is 1. The Morgan fingerprint density at radius 3 is 2.62 bits per heavy atom. The predicted molar refractivity (Wildman–Crippen MR) is 63.3 cm³/mol. The quantitative estimate of drug-likeness (QED) is 0.781. The second-order valence-corrected chi connectivity index (χ2v) is 4.08. The summed E-state index contributed by atoms with van der Waals surface area (Å²) in [6, 6.07) is 7.42. The molecule has 3 heteroatoms. The molecule has 0 atom stereocenters. The van der Waals surface area contributed by atoms with Crippen LogP contribution in [0, 0.1) is 5.82 Å². The van der Waals surface area contributed by atoms with Crippen LogP contribution in [0.4, 0.5) is 10.1 Å². The number of benzene rings is 1. The number of anilines is 1. The molecule has 1 aromatic rings. The van der Waals surface area contributed by atoms with E-state index in [1.165, 1.54) is 6.07 Å². The van der Waals surface area contributed by atoms with Gasteiger partial charge in [0, 0.05) is 25.8 Å². The lowest BCUT2D eigenvalue weighted by Crippen LogP contribution is -2.39. The third-order valence-corrected chi connectivity index (χ3v) is 3.13. The Labute approximate surface area is 96.0 Å². The Morgan fingerprint density at radius 1 is 1.31 bits per heavy atom. The van der Waals surface area contributed by atoms with E-state index in [0.717, 1.165) is 38.3 Å². The fourth-order valence-electron chi connectivity index (χ4n) is 2.31. The number of hydrogen-bond acceptors (Lipinski definition) is 2. The van der Waals surface area contributed by atoms with Crippen LogP contribution >= 0.6 is 0 Å². The van der Waals surface area contributed by atoms with Crippen molar-refractivity contribution in [2.75, 3.05) is 24.7 Å². The zero-order valence-corrected chi connectivity index (χ0v) is 9.66. The highest BCUT2D eigenvalue weighted by molar-refractivity contribution is 5.48. The van der Waals surface area contributed by atoms with Gasteiger partial charge in [0.05, 0.1) is 5.69 Å². The molecule has 0 aromatic heterocycles. The van der Waals surface area contributed by atoms with Crippen molar-refractivity contribution in [3.8, 4) is 0 Å². The van der Waals surface area contributed by atoms with Crippen molar-refractivity contribution < 1.29 is 9.13 Å². The van der Waals surface area contributed by atoms with Gasteiger partial charge in [0.2, 0.25) is 0 Å². The molecule has 0 aliphatic carbocycles. The molecule has 1 saturated heterocycles. The minimum atomic E-state index is -0.129. The summed E-state index contributed by atoms with van der Waals surface area (Å²) in [6.45, 7) is 4.48. The van der Waals surface area contributed by atoms with Gasteiger partial charge in [-0.2, -0.15) is 0 Å². The summed E-state index contributed by atoms with van der Waals surface area (Å²) in [5.41, 5.74) is 0.719. The number of rotatable bonds is 3. The fourth-order valence-corrected chi connectivity index (χ4v) is 2.31. The smallest absolute Gasteiger partial charge is 0.146 e. The van der Waals surface area contributed by atoms with Crippen molar-refractivity contribution in [2.24, 2.45) is 0 Å². The lowest BCUT2D eigenvalue weighted by molar-refractivity contribution is 0.0845. The molecule has 0 radical (unpaired) electrons. The first-order chi connectivity index (χ1) is 7.83. The summed E-state index contributed by atoms with van der Waals surface area (Å²) in [7, 11) is 0. The Balaban J connectivity index is 2.18. The summed E-state index contributed by atoms with van der Waals surface area (Å²) in [6.07, 6.45) is 1.98. The molecule has 1 aromatic carbocycles. The van der Waals surface area contributed by atoms with E-state index in [0.29, 0.717) is 6.04 Å². The highest BCUT2D eigenvalue weighted by atomic mass is 19.1. The van der Waals surface area contributed by atoms with Crippen molar-refractivity contribution in [3.63, 3.8) is 0 Å². The van der Waals surface area contributed by atoms with Crippen LogP contribution in [0.15, 0.2) is 24.3 Å². The fraction of sp³-hybridized carbons (Fsp3) is 0.538. The van der Waals surface area contributed by atoms with E-state index in [9.17, 15) is 4.39 Å². The molecule has 1 aliphatic heterocycles. The lowest BCUT2D eigenvalue weighted by Gasteiger charge is -2.35. The second kappa shape index (κ2) is 5.30. The maximum absolute atomic E-state index is 13.7. The van der Waals surface area contributed by atoms with Crippen LogP contribution in [0.25, 0.3) is 0 Å². The SMILES string of the molecule is CCN(c1ccccc1F)C1CCOCC1.